The first-order chi connectivity index (χ1) is 16.8. The van der Waals surface area contributed by atoms with Gasteiger partial charge in [0.1, 0.15) is 0 Å². The topological polar surface area (TPSA) is 55.1 Å². The zero-order valence-electron chi connectivity index (χ0n) is 18.4. The minimum absolute atomic E-state index is 0.151. The quantitative estimate of drug-likeness (QED) is 0.237. The Balaban J connectivity index is 0.000000287. The van der Waals surface area contributed by atoms with E-state index in [0.29, 0.717) is 38.7 Å². The second-order valence-corrected chi connectivity index (χ2v) is 10.1. The van der Waals surface area contributed by atoms with Crippen LogP contribution in [0.15, 0.2) is 89.4 Å². The van der Waals surface area contributed by atoms with E-state index in [-0.39, 0.29) is 5.91 Å². The van der Waals surface area contributed by atoms with Gasteiger partial charge in [0.15, 0.2) is 0 Å². The van der Waals surface area contributed by atoms with Crippen LogP contribution >= 0.6 is 62.3 Å². The van der Waals surface area contributed by atoms with Gasteiger partial charge in [-0.05, 0) is 70.8 Å². The molecular weight excluding hydrogens is 590 g/mol. The number of amides is 1. The van der Waals surface area contributed by atoms with Crippen LogP contribution in [0.25, 0.3) is 11.1 Å². The molecule has 0 unspecified atom stereocenters. The second kappa shape index (κ2) is 13.3. The molecule has 0 radical (unpaired) electrons. The molecule has 0 bridgehead atoms. The Hall–Kier alpha value is -2.05. The summed E-state index contributed by atoms with van der Waals surface area (Å²) in [5, 5.41) is 5.29. The van der Waals surface area contributed by atoms with E-state index in [1.54, 1.807) is 36.4 Å². The van der Waals surface area contributed by atoms with Crippen LogP contribution < -0.4 is 11.1 Å². The van der Waals surface area contributed by atoms with Crippen molar-refractivity contribution in [2.24, 2.45) is 5.73 Å². The van der Waals surface area contributed by atoms with Gasteiger partial charge in [0.25, 0.3) is 5.91 Å². The molecule has 0 fully saturated rings. The van der Waals surface area contributed by atoms with Crippen molar-refractivity contribution in [3.05, 3.63) is 126 Å². The molecule has 8 heteroatoms. The van der Waals surface area contributed by atoms with Crippen molar-refractivity contribution in [2.75, 3.05) is 0 Å². The molecule has 0 saturated carbocycles. The summed E-state index contributed by atoms with van der Waals surface area (Å²) in [6.45, 7) is 0.823. The molecule has 0 spiro atoms. The zero-order valence-corrected chi connectivity index (χ0v) is 23.0. The van der Waals surface area contributed by atoms with E-state index in [0.717, 1.165) is 26.7 Å². The molecule has 4 aromatic carbocycles. The number of nitrogens with two attached hydrogens (primary N) is 1. The standard InChI is InChI=1S/C20H14BrCl2NO.C7H7Cl2N/c21-19-8-4-3-6-17(19)16-5-1-2-7-18(16)20(25)24-12-13-9-14(22)11-15(23)10-13;8-6-1-5(4-10)2-7(9)3-6/h1-11H,12H2,(H,24,25);1-3H,4,10H2. The van der Waals surface area contributed by atoms with Gasteiger partial charge in [-0.15, -0.1) is 0 Å². The molecule has 0 heterocycles. The largest absolute Gasteiger partial charge is 0.348 e. The van der Waals surface area contributed by atoms with Crippen LogP contribution in [0.2, 0.25) is 20.1 Å². The normalized spacial score (nSPS) is 10.3. The highest BCUT2D eigenvalue weighted by Gasteiger charge is 2.14. The Kier molecular flexibility index (Phi) is 10.5. The molecule has 0 aliphatic heterocycles. The number of nitrogens with one attached hydrogen (secondary N) is 1. The van der Waals surface area contributed by atoms with Gasteiger partial charge in [-0.2, -0.15) is 0 Å². The minimum atomic E-state index is -0.151. The fraction of sp³-hybridized carbons (Fsp3) is 0.0741. The predicted octanol–water partition coefficient (Wildman–Crippen LogP) is 8.80. The maximum absolute atomic E-state index is 12.7. The molecule has 1 amide bonds. The van der Waals surface area contributed by atoms with Gasteiger partial charge >= 0.3 is 0 Å². The SMILES string of the molecule is NCc1cc(Cl)cc(Cl)c1.O=C(NCc1cc(Cl)cc(Cl)c1)c1ccccc1-c1ccccc1Br. The Morgan fingerprint density at radius 3 is 1.74 bits per heavy atom. The second-order valence-electron chi connectivity index (χ2n) is 7.47. The number of hydrogen-bond acceptors (Lipinski definition) is 2. The summed E-state index contributed by atoms with van der Waals surface area (Å²) in [5.74, 6) is -0.151. The third-order valence-corrected chi connectivity index (χ3v) is 6.43. The van der Waals surface area contributed by atoms with Crippen molar-refractivity contribution in [3.8, 4) is 11.1 Å². The summed E-state index contributed by atoms with van der Waals surface area (Å²) in [6, 6.07) is 25.9. The van der Waals surface area contributed by atoms with Crippen molar-refractivity contribution in [1.82, 2.24) is 5.32 Å². The van der Waals surface area contributed by atoms with Gasteiger partial charge in [-0.25, -0.2) is 0 Å². The van der Waals surface area contributed by atoms with Crippen molar-refractivity contribution >= 4 is 68.2 Å². The van der Waals surface area contributed by atoms with Crippen LogP contribution in [-0.4, -0.2) is 5.91 Å². The van der Waals surface area contributed by atoms with E-state index in [4.69, 9.17) is 52.1 Å². The van der Waals surface area contributed by atoms with Gasteiger partial charge in [0, 0.05) is 43.2 Å². The summed E-state index contributed by atoms with van der Waals surface area (Å²) in [5.41, 5.74) is 9.63. The zero-order chi connectivity index (χ0) is 25.4. The summed E-state index contributed by atoms with van der Waals surface area (Å²) >= 11 is 26.9. The lowest BCUT2D eigenvalue weighted by molar-refractivity contribution is 0.0951. The fourth-order valence-electron chi connectivity index (χ4n) is 3.31. The van der Waals surface area contributed by atoms with Crippen LogP contribution in [0.5, 0.6) is 0 Å². The molecule has 0 aromatic heterocycles. The third-order valence-electron chi connectivity index (χ3n) is 4.87. The van der Waals surface area contributed by atoms with Gasteiger partial charge in [-0.3, -0.25) is 4.79 Å². The molecule has 4 aromatic rings. The number of benzene rings is 4. The van der Waals surface area contributed by atoms with E-state index in [1.807, 2.05) is 48.5 Å². The average Bonchev–Trinajstić information content (AvgIpc) is 2.82. The van der Waals surface area contributed by atoms with E-state index in [1.165, 1.54) is 0 Å². The number of carbonyl (C=O) groups is 1. The smallest absolute Gasteiger partial charge is 0.252 e. The summed E-state index contributed by atoms with van der Waals surface area (Å²) in [6.07, 6.45) is 0. The van der Waals surface area contributed by atoms with Crippen LogP contribution in [-0.2, 0) is 13.1 Å². The van der Waals surface area contributed by atoms with Crippen molar-refractivity contribution in [3.63, 3.8) is 0 Å². The Morgan fingerprint density at radius 2 is 1.20 bits per heavy atom. The first kappa shape index (κ1) is 27.5. The number of rotatable bonds is 5. The number of carbonyl (C=O) groups excluding carboxylic acids is 1. The van der Waals surface area contributed by atoms with Crippen LogP contribution in [0.3, 0.4) is 0 Å². The number of halogens is 5. The molecule has 35 heavy (non-hydrogen) atoms. The van der Waals surface area contributed by atoms with Crippen LogP contribution in [0, 0.1) is 0 Å². The van der Waals surface area contributed by atoms with Gasteiger partial charge in [-0.1, -0.05) is 98.7 Å². The molecule has 0 aliphatic rings. The van der Waals surface area contributed by atoms with Gasteiger partial charge < -0.3 is 11.1 Å². The van der Waals surface area contributed by atoms with Crippen molar-refractivity contribution < 1.29 is 4.79 Å². The monoisotopic (exact) mass is 608 g/mol. The van der Waals surface area contributed by atoms with Gasteiger partial charge in [0.2, 0.25) is 0 Å². The van der Waals surface area contributed by atoms with E-state index in [2.05, 4.69) is 21.2 Å². The predicted molar refractivity (Wildman–Crippen MR) is 152 cm³/mol. The Labute approximate surface area is 233 Å². The molecule has 0 aliphatic carbocycles. The maximum atomic E-state index is 12.7. The van der Waals surface area contributed by atoms with E-state index in [9.17, 15) is 4.79 Å². The lowest BCUT2D eigenvalue weighted by Crippen LogP contribution is -2.23. The van der Waals surface area contributed by atoms with Crippen LogP contribution in [0.4, 0.5) is 0 Å². The molecule has 4 rings (SSSR count). The lowest BCUT2D eigenvalue weighted by atomic mass is 9.99. The minimum Gasteiger partial charge on any atom is -0.348 e. The molecule has 0 atom stereocenters. The Morgan fingerprint density at radius 1 is 0.714 bits per heavy atom. The van der Waals surface area contributed by atoms with Gasteiger partial charge in [0.05, 0.1) is 0 Å². The van der Waals surface area contributed by atoms with Crippen LogP contribution in [0.1, 0.15) is 21.5 Å². The van der Waals surface area contributed by atoms with E-state index >= 15 is 0 Å². The molecule has 3 N–H and O–H groups in total. The Bertz CT molecular complexity index is 1290. The highest BCUT2D eigenvalue weighted by molar-refractivity contribution is 9.10. The molecule has 3 nitrogen and oxygen atoms in total. The maximum Gasteiger partial charge on any atom is 0.252 e. The first-order valence-electron chi connectivity index (χ1n) is 10.5. The molecule has 0 saturated heterocycles. The summed E-state index contributed by atoms with van der Waals surface area (Å²) in [4.78, 5) is 12.7. The molecule has 180 valence electrons. The first-order valence-corrected chi connectivity index (χ1v) is 12.8. The highest BCUT2D eigenvalue weighted by Crippen LogP contribution is 2.30. The lowest BCUT2D eigenvalue weighted by Gasteiger charge is -2.12. The third kappa shape index (κ3) is 8.25. The highest BCUT2D eigenvalue weighted by atomic mass is 79.9. The fourth-order valence-corrected chi connectivity index (χ4v) is 4.96. The van der Waals surface area contributed by atoms with E-state index < -0.39 is 0 Å². The van der Waals surface area contributed by atoms with Crippen molar-refractivity contribution in [2.45, 2.75) is 13.1 Å². The summed E-state index contributed by atoms with van der Waals surface area (Å²) in [7, 11) is 0. The van der Waals surface area contributed by atoms with Crippen molar-refractivity contribution in [1.29, 1.82) is 0 Å². The summed E-state index contributed by atoms with van der Waals surface area (Å²) < 4.78 is 0.942. The average molecular weight is 611 g/mol. The number of hydrogen-bond donors (Lipinski definition) is 2. The molecular formula is C27H21BrCl4N2O.